The number of phenolic OH excluding ortho intramolecular Hbond substituents is 1. The van der Waals surface area contributed by atoms with E-state index in [1.165, 1.54) is 7.11 Å². The van der Waals surface area contributed by atoms with E-state index in [1.807, 2.05) is 42.7 Å². The molecule has 1 aromatic heterocycles. The Kier molecular flexibility index (Phi) is 15.5. The minimum atomic E-state index is -0.701. The van der Waals surface area contributed by atoms with Crippen molar-refractivity contribution >= 4 is 40.1 Å². The fraction of sp³-hybridized carbons (Fsp3) is 0.417. The van der Waals surface area contributed by atoms with Crippen LogP contribution in [0.3, 0.4) is 0 Å². The zero-order chi connectivity index (χ0) is 48.7. The minimum Gasteiger partial charge on any atom is -0.504 e. The quantitative estimate of drug-likeness (QED) is 0.0673. The first-order valence-electron chi connectivity index (χ1n) is 25.4. The number of β-amino-alcohol motifs (C(OH)–C–C–N with tert-alkyl or cyclic N) is 1. The number of pyridine rings is 1. The van der Waals surface area contributed by atoms with Crippen LogP contribution in [0.2, 0.25) is 0 Å². The zero-order valence-electron chi connectivity index (χ0n) is 40.7. The number of ether oxygens (including phenoxy) is 1. The number of methoxy groups -OCH3 is 1. The summed E-state index contributed by atoms with van der Waals surface area (Å²) in [7, 11) is 1.52. The number of ketones is 2. The van der Waals surface area contributed by atoms with Crippen molar-refractivity contribution in [2.24, 2.45) is 40.5 Å². The summed E-state index contributed by atoms with van der Waals surface area (Å²) >= 11 is 0. The lowest BCUT2D eigenvalue weighted by molar-refractivity contribution is -0.130. The molecule has 10 nitrogen and oxygen atoms in total. The molecule has 0 unspecified atom stereocenters. The molecule has 4 aliphatic rings. The average molecular weight is 940 g/mol. The Morgan fingerprint density at radius 1 is 0.871 bits per heavy atom. The van der Waals surface area contributed by atoms with E-state index in [9.17, 15) is 24.9 Å². The number of rotatable bonds is 4. The van der Waals surface area contributed by atoms with Gasteiger partial charge in [-0.05, 0) is 145 Å². The van der Waals surface area contributed by atoms with E-state index in [1.54, 1.807) is 12.1 Å². The summed E-state index contributed by atoms with van der Waals surface area (Å²) in [6.45, 7) is 5.44. The van der Waals surface area contributed by atoms with Gasteiger partial charge in [0.2, 0.25) is 0 Å². The van der Waals surface area contributed by atoms with Crippen molar-refractivity contribution in [3.8, 4) is 23.3 Å². The van der Waals surface area contributed by atoms with Gasteiger partial charge >= 0.3 is 0 Å². The van der Waals surface area contributed by atoms with Crippen LogP contribution in [0.15, 0.2) is 114 Å². The maximum Gasteiger partial charge on any atom is 0.176 e. The van der Waals surface area contributed by atoms with Gasteiger partial charge in [0.15, 0.2) is 23.8 Å². The van der Waals surface area contributed by atoms with Crippen molar-refractivity contribution in [1.29, 1.82) is 0 Å². The number of nitrogens with one attached hydrogen (secondary N) is 2. The fourth-order valence-corrected chi connectivity index (χ4v) is 11.6. The molecule has 0 saturated heterocycles. The summed E-state index contributed by atoms with van der Waals surface area (Å²) < 4.78 is 5.53. The predicted octanol–water partition coefficient (Wildman–Crippen LogP) is 10.0. The molecule has 9 atom stereocenters. The zero-order valence-corrected chi connectivity index (χ0v) is 40.7. The number of anilines is 2. The second-order valence-electron chi connectivity index (χ2n) is 20.4. The molecule has 4 aromatic carbocycles. The number of Topliss-reactive ketones (excluding diaryl/α,β-unsaturated/α-hetero) is 2. The monoisotopic (exact) mass is 940 g/mol. The van der Waals surface area contributed by atoms with Crippen molar-refractivity contribution in [2.45, 2.75) is 103 Å². The molecule has 2 aliphatic heterocycles. The number of hydrogen-bond acceptors (Lipinski definition) is 10. The minimum absolute atomic E-state index is 0.00905. The van der Waals surface area contributed by atoms with Gasteiger partial charge in [0.25, 0.3) is 0 Å². The lowest BCUT2D eigenvalue weighted by atomic mass is 9.73. The number of aromatic hydroxyl groups is 1. The van der Waals surface area contributed by atoms with Crippen LogP contribution < -0.4 is 15.4 Å². The van der Waals surface area contributed by atoms with Gasteiger partial charge < -0.3 is 30.7 Å². The summed E-state index contributed by atoms with van der Waals surface area (Å²) in [4.78, 5) is 38.4. The third-order valence-electron chi connectivity index (χ3n) is 15.3. The summed E-state index contributed by atoms with van der Waals surface area (Å²) in [6.07, 6.45) is 10.2. The summed E-state index contributed by atoms with van der Waals surface area (Å²) in [5, 5.41) is 43.9. The van der Waals surface area contributed by atoms with E-state index in [0.717, 1.165) is 81.0 Å². The summed E-state index contributed by atoms with van der Waals surface area (Å²) in [5.74, 6) is 7.06. The number of aliphatic imine (C=N–C) groups is 1. The number of carbonyl (C=O) groups is 2. The Hall–Kier alpha value is -6.25. The van der Waals surface area contributed by atoms with E-state index < -0.39 is 24.0 Å². The van der Waals surface area contributed by atoms with Crippen molar-refractivity contribution < 1.29 is 29.6 Å². The maximum absolute atomic E-state index is 14.9. The molecule has 0 spiro atoms. The number of aliphatic hydroxyl groups is 2. The Balaban J connectivity index is 1.12. The molecule has 1 fully saturated rings. The van der Waals surface area contributed by atoms with Gasteiger partial charge in [-0.1, -0.05) is 79.8 Å². The van der Waals surface area contributed by atoms with Crippen molar-refractivity contribution in [2.75, 3.05) is 25.5 Å². The maximum atomic E-state index is 14.9. The van der Waals surface area contributed by atoms with Crippen LogP contribution in [0.5, 0.6) is 11.5 Å². The standard InChI is InChI=1S/C60H66N4O6/c1-4-8-53-46-24-40(23-43-15-18-52(42-9-6-5-7-10-42)54-33-58(69)59(70-3)30-44(54)14-17-50(65)32-57(68)55(43)29-46)21-39-19-20-62-60(26-39)64-48-16-13-41-12-11-38(22-45(41)27-48)25-51(66)36-61-34-37(2)47-28-49(63-35-47)31-56(53)67/h5-7,9-13,16,19-20,22,26-28,30,33,35,37,40,43,46,51-53,55-56,61,66-67H,4,8,14,17,21,23-25,29,31-32,34,36H2,1-3H3,(H-,62,64,69)/p+1/t37-,40-,43+,46+,51-,52-,53-,55-,56+/m1/s1. The molecule has 5 aromatic rings. The molecule has 0 radical (unpaired) electrons. The third-order valence-corrected chi connectivity index (χ3v) is 15.3. The van der Waals surface area contributed by atoms with Crippen molar-refractivity contribution in [3.63, 3.8) is 0 Å². The first-order chi connectivity index (χ1) is 34.0. The highest BCUT2D eigenvalue weighted by atomic mass is 16.5. The summed E-state index contributed by atoms with van der Waals surface area (Å²) in [5.41, 5.74) is 6.80. The van der Waals surface area contributed by atoms with Gasteiger partial charge in [-0.3, -0.25) is 9.59 Å². The van der Waals surface area contributed by atoms with Gasteiger partial charge in [-0.2, -0.15) is 0 Å². The molecule has 0 amide bonds. The van der Waals surface area contributed by atoms with E-state index in [0.29, 0.717) is 57.4 Å². The molecule has 10 heteroatoms. The van der Waals surface area contributed by atoms with E-state index in [2.05, 4.69) is 90.9 Å². The molecular formula is C60H67N4O6+. The number of nitrogens with zero attached hydrogens (tertiary/aromatic N) is 2. The number of phenols is 1. The van der Waals surface area contributed by atoms with Crippen LogP contribution in [0.25, 0.3) is 10.8 Å². The molecule has 9 bridgehead atoms. The Bertz CT molecular complexity index is 2790. The van der Waals surface area contributed by atoms with Gasteiger partial charge in [0.1, 0.15) is 23.0 Å². The van der Waals surface area contributed by atoms with Crippen LogP contribution in [0.4, 0.5) is 11.5 Å². The fourth-order valence-electron chi connectivity index (χ4n) is 11.6. The number of carbonyl (C=O) groups excluding carboxylic acids is 2. The molecule has 2 aliphatic carbocycles. The lowest BCUT2D eigenvalue weighted by Gasteiger charge is -2.33. The number of fused-ring (bicyclic) bond motifs is 9. The number of aliphatic hydroxyl groups excluding tert-OH is 2. The Morgan fingerprint density at radius 2 is 1.70 bits per heavy atom. The first kappa shape index (κ1) is 48.8. The molecule has 3 heterocycles. The van der Waals surface area contributed by atoms with Gasteiger partial charge in [-0.25, -0.2) is 4.98 Å². The van der Waals surface area contributed by atoms with Gasteiger partial charge in [0, 0.05) is 43.2 Å². The molecule has 9 rings (SSSR count). The predicted molar refractivity (Wildman–Crippen MR) is 277 cm³/mol. The van der Waals surface area contributed by atoms with Crippen molar-refractivity contribution in [1.82, 2.24) is 10.3 Å². The van der Waals surface area contributed by atoms with Crippen LogP contribution in [0.1, 0.15) is 98.9 Å². The molecular weight excluding hydrogens is 873 g/mol. The van der Waals surface area contributed by atoms with Gasteiger partial charge in [-0.15, -0.1) is 4.99 Å². The van der Waals surface area contributed by atoms with Crippen LogP contribution in [-0.4, -0.2) is 70.5 Å². The highest BCUT2D eigenvalue weighted by Gasteiger charge is 2.42. The molecule has 70 heavy (non-hydrogen) atoms. The highest BCUT2D eigenvalue weighted by molar-refractivity contribution is 6.00. The Morgan fingerprint density at radius 3 is 2.53 bits per heavy atom. The largest absolute Gasteiger partial charge is 0.504 e. The number of benzene rings is 4. The second-order valence-corrected chi connectivity index (χ2v) is 20.4. The summed E-state index contributed by atoms with van der Waals surface area (Å²) in [6, 6.07) is 31.2. The van der Waals surface area contributed by atoms with Crippen LogP contribution >= 0.6 is 0 Å². The van der Waals surface area contributed by atoms with E-state index >= 15 is 0 Å². The van der Waals surface area contributed by atoms with Gasteiger partial charge in [0.05, 0.1) is 50.1 Å². The number of aryl methyl sites for hydroxylation is 1. The van der Waals surface area contributed by atoms with Crippen LogP contribution in [-0.2, 0) is 28.9 Å². The van der Waals surface area contributed by atoms with Crippen molar-refractivity contribution in [3.05, 3.63) is 143 Å². The second kappa shape index (κ2) is 22.2. The Labute approximate surface area is 413 Å². The normalized spacial score (nSPS) is 26.7. The lowest BCUT2D eigenvalue weighted by Crippen LogP contribution is -2.33. The van der Waals surface area contributed by atoms with Crippen LogP contribution in [0, 0.1) is 53.4 Å². The van der Waals surface area contributed by atoms with E-state index in [4.69, 9.17) is 14.7 Å². The SMILES string of the molecule is CCC[C@@H]1[C@H]2C[C@H](Cc3ccnc(c3)Nc3ccc4ccc(cc4c3)C[C@@H](O)CNC[C@@H](C)C3=C[C+](C[C@@H]1O)N=C3)C[C@@H]1C#C[C@H](c3ccccc3)c3cc(O)c(OC)cc3CCC(=O)CC(=O)[C@@H]1C2. The molecule has 1 saturated carbocycles. The van der Waals surface area contributed by atoms with E-state index in [-0.39, 0.29) is 59.7 Å². The average Bonchev–Trinajstić information content (AvgIpc) is 3.74. The molecule has 362 valence electrons. The smallest absolute Gasteiger partial charge is 0.176 e. The highest BCUT2D eigenvalue weighted by Crippen LogP contribution is 2.45. The first-order valence-corrected chi connectivity index (χ1v) is 25.4. The topological polar surface area (TPSA) is 153 Å². The molecule has 5 N–H and O–H groups in total. The third kappa shape index (κ3) is 11.7. The number of aromatic nitrogens is 1. The number of hydrogen-bond donors (Lipinski definition) is 5.